The number of halogens is 1. The zero-order valence-corrected chi connectivity index (χ0v) is 11.5. The summed E-state index contributed by atoms with van der Waals surface area (Å²) in [7, 11) is 1.51. The summed E-state index contributed by atoms with van der Waals surface area (Å²) in [6.45, 7) is 2.29. The number of carbonyl (C=O) groups is 2. The van der Waals surface area contributed by atoms with Crippen molar-refractivity contribution in [2.75, 3.05) is 20.3 Å². The third kappa shape index (κ3) is 2.27. The summed E-state index contributed by atoms with van der Waals surface area (Å²) >= 11 is 0. The van der Waals surface area contributed by atoms with Gasteiger partial charge in [0.1, 0.15) is 11.4 Å². The number of hydrogen-bond donors (Lipinski definition) is 1. The van der Waals surface area contributed by atoms with Crippen LogP contribution in [0.3, 0.4) is 0 Å². The monoisotopic (exact) mass is 280 g/mol. The smallest absolute Gasteiger partial charge is 0.325 e. The molecule has 6 heteroatoms. The van der Waals surface area contributed by atoms with Gasteiger partial charge in [-0.2, -0.15) is 0 Å². The lowest BCUT2D eigenvalue weighted by atomic mass is 9.87. The van der Waals surface area contributed by atoms with Crippen molar-refractivity contribution in [2.45, 2.75) is 18.9 Å². The first-order valence-corrected chi connectivity index (χ1v) is 6.44. The number of methoxy groups -OCH3 is 1. The van der Waals surface area contributed by atoms with E-state index in [1.54, 1.807) is 6.92 Å². The molecule has 2 rings (SSSR count). The molecule has 0 radical (unpaired) electrons. The summed E-state index contributed by atoms with van der Waals surface area (Å²) < 4.78 is 17.9. The minimum atomic E-state index is -1.11. The first kappa shape index (κ1) is 14.5. The van der Waals surface area contributed by atoms with Crippen LogP contribution in [0.5, 0.6) is 0 Å². The molecule has 1 aliphatic heterocycles. The lowest BCUT2D eigenvalue weighted by Gasteiger charge is -2.25. The fraction of sp³-hybridized carbons (Fsp3) is 0.429. The standard InChI is InChI=1S/C14H17FN2O3/c1-3-14(10-4-6-11(15)7-5-10)12(18)17(8-9-20-2)13(19)16-14/h4-7H,3,8-9H2,1-2H3,(H,16,19). The van der Waals surface area contributed by atoms with Gasteiger partial charge in [-0.15, -0.1) is 0 Å². The van der Waals surface area contributed by atoms with Crippen LogP contribution < -0.4 is 5.32 Å². The Hall–Kier alpha value is -1.95. The maximum atomic E-state index is 13.0. The summed E-state index contributed by atoms with van der Waals surface area (Å²) in [5.41, 5.74) is -0.530. The van der Waals surface area contributed by atoms with Gasteiger partial charge in [0.25, 0.3) is 5.91 Å². The Bertz CT molecular complexity index is 518. The van der Waals surface area contributed by atoms with E-state index >= 15 is 0 Å². The number of urea groups is 1. The molecule has 1 N–H and O–H groups in total. The van der Waals surface area contributed by atoms with Crippen molar-refractivity contribution in [3.05, 3.63) is 35.6 Å². The molecular weight excluding hydrogens is 263 g/mol. The molecular formula is C14H17FN2O3. The van der Waals surface area contributed by atoms with Crippen LogP contribution in [0.4, 0.5) is 9.18 Å². The first-order chi connectivity index (χ1) is 9.55. The van der Waals surface area contributed by atoms with Crippen molar-refractivity contribution in [2.24, 2.45) is 0 Å². The van der Waals surface area contributed by atoms with Gasteiger partial charge in [-0.25, -0.2) is 9.18 Å². The Morgan fingerprint density at radius 1 is 1.30 bits per heavy atom. The molecule has 0 spiro atoms. The van der Waals surface area contributed by atoms with Crippen molar-refractivity contribution in [3.63, 3.8) is 0 Å². The van der Waals surface area contributed by atoms with E-state index in [2.05, 4.69) is 5.32 Å². The lowest BCUT2D eigenvalue weighted by Crippen LogP contribution is -2.43. The Morgan fingerprint density at radius 2 is 1.95 bits per heavy atom. The van der Waals surface area contributed by atoms with Crippen LogP contribution in [0.25, 0.3) is 0 Å². The molecule has 1 atom stereocenters. The van der Waals surface area contributed by atoms with E-state index in [0.29, 0.717) is 12.0 Å². The molecule has 0 aromatic heterocycles. The van der Waals surface area contributed by atoms with Gasteiger partial charge in [0.05, 0.1) is 13.2 Å². The zero-order chi connectivity index (χ0) is 14.8. The number of amides is 3. The molecule has 3 amide bonds. The Labute approximate surface area is 116 Å². The number of ether oxygens (including phenoxy) is 1. The highest BCUT2D eigenvalue weighted by atomic mass is 19.1. The number of nitrogens with one attached hydrogen (secondary N) is 1. The molecule has 1 fully saturated rings. The van der Waals surface area contributed by atoms with Crippen molar-refractivity contribution in [1.82, 2.24) is 10.2 Å². The molecule has 0 aliphatic carbocycles. The van der Waals surface area contributed by atoms with Crippen LogP contribution >= 0.6 is 0 Å². The van der Waals surface area contributed by atoms with E-state index in [9.17, 15) is 14.0 Å². The fourth-order valence-corrected chi connectivity index (χ4v) is 2.39. The average Bonchev–Trinajstić information content (AvgIpc) is 2.69. The number of benzene rings is 1. The molecule has 1 heterocycles. The summed E-state index contributed by atoms with van der Waals surface area (Å²) in [6, 6.07) is 5.17. The van der Waals surface area contributed by atoms with Gasteiger partial charge in [-0.05, 0) is 24.1 Å². The molecule has 108 valence electrons. The highest BCUT2D eigenvalue weighted by molar-refractivity contribution is 6.07. The Kier molecular flexibility index (Phi) is 4.04. The van der Waals surface area contributed by atoms with Crippen molar-refractivity contribution in [3.8, 4) is 0 Å². The third-order valence-corrected chi connectivity index (χ3v) is 3.56. The summed E-state index contributed by atoms with van der Waals surface area (Å²) in [6.07, 6.45) is 0.396. The third-order valence-electron chi connectivity index (χ3n) is 3.56. The van der Waals surface area contributed by atoms with Gasteiger partial charge >= 0.3 is 6.03 Å². The molecule has 1 aliphatic rings. The second-order valence-electron chi connectivity index (χ2n) is 4.65. The highest BCUT2D eigenvalue weighted by Crippen LogP contribution is 2.32. The maximum absolute atomic E-state index is 13.0. The minimum Gasteiger partial charge on any atom is -0.383 e. The molecule has 1 saturated heterocycles. The second kappa shape index (κ2) is 5.58. The van der Waals surface area contributed by atoms with Gasteiger partial charge in [0.15, 0.2) is 0 Å². The predicted octanol–water partition coefficient (Wildman–Crippen LogP) is 1.63. The molecule has 0 bridgehead atoms. The zero-order valence-electron chi connectivity index (χ0n) is 11.5. The molecule has 1 aromatic rings. The summed E-state index contributed by atoms with van der Waals surface area (Å²) in [4.78, 5) is 25.7. The van der Waals surface area contributed by atoms with Crippen LogP contribution in [0.15, 0.2) is 24.3 Å². The van der Waals surface area contributed by atoms with Gasteiger partial charge in [0.2, 0.25) is 0 Å². The van der Waals surface area contributed by atoms with Crippen molar-refractivity contribution < 1.29 is 18.7 Å². The van der Waals surface area contributed by atoms with E-state index in [1.165, 1.54) is 31.4 Å². The number of carbonyl (C=O) groups excluding carboxylic acids is 2. The lowest BCUT2D eigenvalue weighted by molar-refractivity contribution is -0.132. The van der Waals surface area contributed by atoms with E-state index < -0.39 is 11.6 Å². The van der Waals surface area contributed by atoms with Crippen LogP contribution in [-0.2, 0) is 15.1 Å². The van der Waals surface area contributed by atoms with E-state index in [1.807, 2.05) is 0 Å². The van der Waals surface area contributed by atoms with Crippen LogP contribution in [-0.4, -0.2) is 37.1 Å². The highest BCUT2D eigenvalue weighted by Gasteiger charge is 2.50. The largest absolute Gasteiger partial charge is 0.383 e. The Morgan fingerprint density at radius 3 is 2.50 bits per heavy atom. The maximum Gasteiger partial charge on any atom is 0.325 e. The minimum absolute atomic E-state index is 0.199. The topological polar surface area (TPSA) is 58.6 Å². The fourth-order valence-electron chi connectivity index (χ4n) is 2.39. The SMILES string of the molecule is CCC1(c2ccc(F)cc2)NC(=O)N(CCOC)C1=O. The normalized spacial score (nSPS) is 22.2. The molecule has 20 heavy (non-hydrogen) atoms. The molecule has 5 nitrogen and oxygen atoms in total. The van der Waals surface area contributed by atoms with Gasteiger partial charge in [0, 0.05) is 7.11 Å². The number of hydrogen-bond acceptors (Lipinski definition) is 3. The van der Waals surface area contributed by atoms with E-state index in [4.69, 9.17) is 4.74 Å². The average molecular weight is 280 g/mol. The predicted molar refractivity (Wildman–Crippen MR) is 70.5 cm³/mol. The molecule has 1 aromatic carbocycles. The van der Waals surface area contributed by atoms with E-state index in [-0.39, 0.29) is 24.9 Å². The van der Waals surface area contributed by atoms with Crippen LogP contribution in [0.2, 0.25) is 0 Å². The van der Waals surface area contributed by atoms with Crippen molar-refractivity contribution >= 4 is 11.9 Å². The van der Waals surface area contributed by atoms with Crippen molar-refractivity contribution in [1.29, 1.82) is 0 Å². The summed E-state index contributed by atoms with van der Waals surface area (Å²) in [5.74, 6) is -0.707. The van der Waals surface area contributed by atoms with Gasteiger partial charge in [-0.3, -0.25) is 9.69 Å². The van der Waals surface area contributed by atoms with Crippen LogP contribution in [0, 0.1) is 5.82 Å². The number of rotatable bonds is 5. The van der Waals surface area contributed by atoms with Gasteiger partial charge < -0.3 is 10.1 Å². The quantitative estimate of drug-likeness (QED) is 0.834. The molecule has 0 saturated carbocycles. The second-order valence-corrected chi connectivity index (χ2v) is 4.65. The Balaban J connectivity index is 2.34. The van der Waals surface area contributed by atoms with Crippen LogP contribution in [0.1, 0.15) is 18.9 Å². The van der Waals surface area contributed by atoms with E-state index in [0.717, 1.165) is 4.90 Å². The molecule has 1 unspecified atom stereocenters. The first-order valence-electron chi connectivity index (χ1n) is 6.44. The summed E-state index contributed by atoms with van der Waals surface area (Å²) in [5, 5.41) is 2.72. The number of imide groups is 1. The van der Waals surface area contributed by atoms with Gasteiger partial charge in [-0.1, -0.05) is 19.1 Å². The number of nitrogens with zero attached hydrogens (tertiary/aromatic N) is 1.